The Kier molecular flexibility index (Phi) is 3.68. The Morgan fingerprint density at radius 3 is 2.67 bits per heavy atom. The van der Waals surface area contributed by atoms with Crippen LogP contribution in [-0.4, -0.2) is 19.7 Å². The van der Waals surface area contributed by atoms with Crippen molar-refractivity contribution in [2.75, 3.05) is 11.6 Å². The van der Waals surface area contributed by atoms with Crippen molar-refractivity contribution in [1.82, 2.24) is 4.98 Å². The van der Waals surface area contributed by atoms with Gasteiger partial charge in [0.1, 0.15) is 5.01 Å². The molecule has 1 N–H and O–H groups in total. The second kappa shape index (κ2) is 5.07. The predicted octanol–water partition coefficient (Wildman–Crippen LogP) is 2.72. The maximum Gasteiger partial charge on any atom is 0.177 e. The molecule has 1 heterocycles. The van der Waals surface area contributed by atoms with Gasteiger partial charge in [-0.2, -0.15) is 0 Å². The molecule has 0 saturated carbocycles. The molecule has 1 atom stereocenters. The van der Waals surface area contributed by atoms with E-state index in [2.05, 4.69) is 10.3 Å². The van der Waals surface area contributed by atoms with Gasteiger partial charge >= 0.3 is 0 Å². The summed E-state index contributed by atoms with van der Waals surface area (Å²) in [7, 11) is -3.23. The molecule has 1 unspecified atom stereocenters. The summed E-state index contributed by atoms with van der Waals surface area (Å²) in [5.74, 6) is 0. The van der Waals surface area contributed by atoms with Crippen molar-refractivity contribution in [3.8, 4) is 0 Å². The minimum absolute atomic E-state index is 0.0205. The van der Waals surface area contributed by atoms with Crippen LogP contribution in [0.25, 0.3) is 0 Å². The van der Waals surface area contributed by atoms with E-state index in [0.29, 0.717) is 10.6 Å². The standard InChI is InChI=1S/C12H14N2O2S2/c1-9(12-13-7-8-17-12)14-10-5-3-4-6-11(10)18(2,15)16/h3-9,14H,1-2H3. The lowest BCUT2D eigenvalue weighted by Gasteiger charge is -2.15. The van der Waals surface area contributed by atoms with E-state index in [1.807, 2.05) is 18.4 Å². The number of aromatic nitrogens is 1. The van der Waals surface area contributed by atoms with Crippen LogP contribution in [0.5, 0.6) is 0 Å². The molecule has 96 valence electrons. The van der Waals surface area contributed by atoms with Crippen LogP contribution in [0.15, 0.2) is 40.7 Å². The molecule has 2 aromatic rings. The van der Waals surface area contributed by atoms with Gasteiger partial charge in [0.25, 0.3) is 0 Å². The first-order valence-corrected chi connectivity index (χ1v) is 8.20. The molecule has 1 aromatic carbocycles. The molecule has 0 spiro atoms. The van der Waals surface area contributed by atoms with E-state index in [9.17, 15) is 8.42 Å². The molecule has 4 nitrogen and oxygen atoms in total. The molecule has 1 aromatic heterocycles. The van der Waals surface area contributed by atoms with Gasteiger partial charge in [-0.25, -0.2) is 13.4 Å². The van der Waals surface area contributed by atoms with E-state index in [-0.39, 0.29) is 6.04 Å². The molecule has 0 aliphatic carbocycles. The van der Waals surface area contributed by atoms with Crippen LogP contribution < -0.4 is 5.32 Å². The van der Waals surface area contributed by atoms with Gasteiger partial charge < -0.3 is 5.32 Å². The predicted molar refractivity (Wildman–Crippen MR) is 73.7 cm³/mol. The van der Waals surface area contributed by atoms with Crippen molar-refractivity contribution in [2.24, 2.45) is 0 Å². The van der Waals surface area contributed by atoms with Gasteiger partial charge in [-0.3, -0.25) is 0 Å². The van der Waals surface area contributed by atoms with Crippen LogP contribution in [0.3, 0.4) is 0 Å². The van der Waals surface area contributed by atoms with Crippen molar-refractivity contribution in [3.63, 3.8) is 0 Å². The smallest absolute Gasteiger partial charge is 0.177 e. The molecule has 0 saturated heterocycles. The molecule has 6 heteroatoms. The van der Waals surface area contributed by atoms with Gasteiger partial charge in [0, 0.05) is 17.8 Å². The SMILES string of the molecule is CC(Nc1ccccc1S(C)(=O)=O)c1nccs1. The summed E-state index contributed by atoms with van der Waals surface area (Å²) in [5.41, 5.74) is 0.614. The first-order chi connectivity index (χ1) is 8.48. The van der Waals surface area contributed by atoms with Gasteiger partial charge in [0.05, 0.1) is 16.6 Å². The van der Waals surface area contributed by atoms with Gasteiger partial charge in [0.15, 0.2) is 9.84 Å². The van der Waals surface area contributed by atoms with Crippen LogP contribution in [-0.2, 0) is 9.84 Å². The molecule has 2 rings (SSSR count). The summed E-state index contributed by atoms with van der Waals surface area (Å²) in [6, 6.07) is 6.88. The Balaban J connectivity index is 2.30. The molecule has 0 bridgehead atoms. The van der Waals surface area contributed by atoms with E-state index in [1.165, 1.54) is 6.26 Å². The monoisotopic (exact) mass is 282 g/mol. The highest BCUT2D eigenvalue weighted by Crippen LogP contribution is 2.26. The van der Waals surface area contributed by atoms with Crippen molar-refractivity contribution in [3.05, 3.63) is 40.8 Å². The molecule has 0 aliphatic rings. The van der Waals surface area contributed by atoms with E-state index >= 15 is 0 Å². The third-order valence-electron chi connectivity index (χ3n) is 2.48. The van der Waals surface area contributed by atoms with Crippen LogP contribution in [0.1, 0.15) is 18.0 Å². The van der Waals surface area contributed by atoms with Crippen molar-refractivity contribution >= 4 is 26.9 Å². The van der Waals surface area contributed by atoms with Gasteiger partial charge in [-0.05, 0) is 19.1 Å². The third kappa shape index (κ3) is 2.88. The Morgan fingerprint density at radius 2 is 2.06 bits per heavy atom. The molecule has 0 amide bonds. The lowest BCUT2D eigenvalue weighted by molar-refractivity contribution is 0.602. The second-order valence-corrected chi connectivity index (χ2v) is 6.91. The average molecular weight is 282 g/mol. The maximum atomic E-state index is 11.7. The first kappa shape index (κ1) is 13.0. The second-order valence-electron chi connectivity index (χ2n) is 4.00. The molecular formula is C12H14N2O2S2. The Bertz CT molecular complexity index is 621. The minimum Gasteiger partial charge on any atom is -0.375 e. The van der Waals surface area contributed by atoms with E-state index in [0.717, 1.165) is 5.01 Å². The summed E-state index contributed by atoms with van der Waals surface area (Å²) in [6.07, 6.45) is 2.95. The zero-order valence-electron chi connectivity index (χ0n) is 10.1. The molecule has 0 fully saturated rings. The summed E-state index contributed by atoms with van der Waals surface area (Å²) in [6.45, 7) is 1.96. The van der Waals surface area contributed by atoms with Crippen molar-refractivity contribution in [2.45, 2.75) is 17.9 Å². The Labute approximate surface area is 111 Å². The van der Waals surface area contributed by atoms with Gasteiger partial charge in [-0.1, -0.05) is 12.1 Å². The molecular weight excluding hydrogens is 268 g/mol. The molecule has 0 aliphatic heterocycles. The van der Waals surface area contributed by atoms with Crippen molar-refractivity contribution in [1.29, 1.82) is 0 Å². The quantitative estimate of drug-likeness (QED) is 0.936. The van der Waals surface area contributed by atoms with Crippen LogP contribution >= 0.6 is 11.3 Å². The number of rotatable bonds is 4. The van der Waals surface area contributed by atoms with E-state index in [1.54, 1.807) is 35.7 Å². The number of benzene rings is 1. The van der Waals surface area contributed by atoms with Crippen molar-refractivity contribution < 1.29 is 8.42 Å². The Morgan fingerprint density at radius 1 is 1.33 bits per heavy atom. The number of nitrogens with one attached hydrogen (secondary N) is 1. The topological polar surface area (TPSA) is 59.1 Å². The van der Waals surface area contributed by atoms with E-state index in [4.69, 9.17) is 0 Å². The zero-order chi connectivity index (χ0) is 13.2. The van der Waals surface area contributed by atoms with Gasteiger partial charge in [0.2, 0.25) is 0 Å². The zero-order valence-corrected chi connectivity index (χ0v) is 11.8. The highest BCUT2D eigenvalue weighted by molar-refractivity contribution is 7.90. The Hall–Kier alpha value is -1.40. The lowest BCUT2D eigenvalue weighted by atomic mass is 10.2. The highest BCUT2D eigenvalue weighted by atomic mass is 32.2. The molecule has 18 heavy (non-hydrogen) atoms. The maximum absolute atomic E-state index is 11.7. The number of anilines is 1. The summed E-state index contributed by atoms with van der Waals surface area (Å²) >= 11 is 1.54. The number of hydrogen-bond acceptors (Lipinski definition) is 5. The van der Waals surface area contributed by atoms with Crippen LogP contribution in [0.2, 0.25) is 0 Å². The fourth-order valence-corrected chi connectivity index (χ4v) is 3.15. The normalized spacial score (nSPS) is 13.2. The van der Waals surface area contributed by atoms with Crippen LogP contribution in [0.4, 0.5) is 5.69 Å². The molecule has 0 radical (unpaired) electrons. The number of nitrogens with zero attached hydrogens (tertiary/aromatic N) is 1. The van der Waals surface area contributed by atoms with Crippen LogP contribution in [0, 0.1) is 0 Å². The first-order valence-electron chi connectivity index (χ1n) is 5.43. The summed E-state index contributed by atoms with van der Waals surface area (Å²) in [5, 5.41) is 6.02. The fraction of sp³-hybridized carbons (Fsp3) is 0.250. The van der Waals surface area contributed by atoms with E-state index < -0.39 is 9.84 Å². The number of para-hydroxylation sites is 1. The minimum atomic E-state index is -3.23. The largest absolute Gasteiger partial charge is 0.375 e. The lowest BCUT2D eigenvalue weighted by Crippen LogP contribution is -2.10. The van der Waals surface area contributed by atoms with Gasteiger partial charge in [-0.15, -0.1) is 11.3 Å². The number of hydrogen-bond donors (Lipinski definition) is 1. The summed E-state index contributed by atoms with van der Waals surface area (Å²) in [4.78, 5) is 4.52. The number of sulfone groups is 1. The highest BCUT2D eigenvalue weighted by Gasteiger charge is 2.15. The fourth-order valence-electron chi connectivity index (χ4n) is 1.65. The third-order valence-corrected chi connectivity index (χ3v) is 4.59. The average Bonchev–Trinajstić information content (AvgIpc) is 2.81. The summed E-state index contributed by atoms with van der Waals surface area (Å²) < 4.78 is 23.3. The number of thiazole rings is 1.